The number of halogens is 5. The Morgan fingerprint density at radius 2 is 1.78 bits per heavy atom. The number of imidazole rings is 1. The molecule has 0 spiro atoms. The van der Waals surface area contributed by atoms with E-state index in [1.807, 2.05) is 18.4 Å². The molecule has 0 radical (unpaired) electrons. The highest BCUT2D eigenvalue weighted by Crippen LogP contribution is 2.40. The molecular weight excluding hydrogens is 614 g/mol. The molecule has 1 aliphatic rings. The van der Waals surface area contributed by atoms with Crippen molar-refractivity contribution in [3.05, 3.63) is 111 Å². The molecule has 1 fully saturated rings. The van der Waals surface area contributed by atoms with Crippen LogP contribution < -0.4 is 4.74 Å². The summed E-state index contributed by atoms with van der Waals surface area (Å²) in [6.07, 6.45) is -0.0818. The summed E-state index contributed by atoms with van der Waals surface area (Å²) in [7, 11) is 0. The minimum Gasteiger partial charge on any atom is -0.478 e. The van der Waals surface area contributed by atoms with Gasteiger partial charge in [0.25, 0.3) is 0 Å². The van der Waals surface area contributed by atoms with Gasteiger partial charge in [-0.05, 0) is 54.1 Å². The van der Waals surface area contributed by atoms with Crippen LogP contribution in [0.3, 0.4) is 0 Å². The Hall–Kier alpha value is -4.48. The number of ether oxygens (including phenoxy) is 2. The lowest BCUT2D eigenvalue weighted by atomic mass is 9.87. The fourth-order valence-corrected chi connectivity index (χ4v) is 5.71. The third kappa shape index (κ3) is 5.97. The lowest BCUT2D eigenvalue weighted by Gasteiger charge is -2.28. The standard InChI is InChI=1S/C33H26ClF4N3O4/c1-33(2)16-44-15-29(33)41-28-9-17(32(42)43)6-7-27(28)39-30(41)10-18-8-23(36)20(13-22(18)35)26-4-3-5-31(40-26)45-14-21-24(37)11-19(34)12-25(21)38/h3-9,11-13,29H,10,14-16H2,1-2H3,(H,42,43)/t29-/m1/s1. The van der Waals surface area contributed by atoms with Crippen LogP contribution in [0.15, 0.2) is 60.7 Å². The quantitative estimate of drug-likeness (QED) is 0.175. The van der Waals surface area contributed by atoms with E-state index in [-0.39, 0.29) is 56.7 Å². The second kappa shape index (κ2) is 11.8. The van der Waals surface area contributed by atoms with Crippen LogP contribution in [0, 0.1) is 28.7 Å². The number of benzene rings is 3. The molecule has 6 rings (SSSR count). The largest absolute Gasteiger partial charge is 0.478 e. The molecule has 3 aromatic carbocycles. The minimum absolute atomic E-state index is 0.0316. The van der Waals surface area contributed by atoms with Gasteiger partial charge in [-0.15, -0.1) is 0 Å². The van der Waals surface area contributed by atoms with Gasteiger partial charge in [0, 0.05) is 28.5 Å². The lowest BCUT2D eigenvalue weighted by Crippen LogP contribution is -2.27. The molecule has 0 aliphatic carbocycles. The van der Waals surface area contributed by atoms with E-state index in [2.05, 4.69) is 9.97 Å². The molecule has 3 heterocycles. The molecule has 0 amide bonds. The van der Waals surface area contributed by atoms with Gasteiger partial charge in [0.05, 0.1) is 47.1 Å². The van der Waals surface area contributed by atoms with Crippen molar-refractivity contribution in [2.45, 2.75) is 32.9 Å². The zero-order valence-corrected chi connectivity index (χ0v) is 24.8. The zero-order valence-electron chi connectivity index (χ0n) is 24.1. The first kappa shape index (κ1) is 30.5. The van der Waals surface area contributed by atoms with Crippen molar-refractivity contribution < 1.29 is 36.9 Å². The minimum atomic E-state index is -1.09. The number of hydrogen-bond acceptors (Lipinski definition) is 5. The second-order valence-electron chi connectivity index (χ2n) is 11.5. The van der Waals surface area contributed by atoms with Crippen LogP contribution in [-0.4, -0.2) is 38.8 Å². The van der Waals surface area contributed by atoms with Crippen molar-refractivity contribution in [1.82, 2.24) is 14.5 Å². The van der Waals surface area contributed by atoms with Crippen LogP contribution in [0.2, 0.25) is 5.02 Å². The SMILES string of the molecule is CC1(C)COC[C@H]1n1c(Cc2cc(F)c(-c3cccc(OCc4c(F)cc(Cl)cc4F)n3)cc2F)nc2ccc(C(=O)O)cc21. The molecule has 12 heteroatoms. The summed E-state index contributed by atoms with van der Waals surface area (Å²) >= 11 is 5.67. The van der Waals surface area contributed by atoms with Gasteiger partial charge in [-0.25, -0.2) is 32.3 Å². The first-order valence-corrected chi connectivity index (χ1v) is 14.3. The Labute approximate surface area is 260 Å². The highest BCUT2D eigenvalue weighted by molar-refractivity contribution is 6.30. The summed E-state index contributed by atoms with van der Waals surface area (Å²) in [4.78, 5) is 20.6. The third-order valence-electron chi connectivity index (χ3n) is 7.93. The maximum atomic E-state index is 15.6. The monoisotopic (exact) mass is 639 g/mol. The molecule has 232 valence electrons. The van der Waals surface area contributed by atoms with E-state index < -0.39 is 35.8 Å². The molecule has 5 aromatic rings. The average Bonchev–Trinajstić information content (AvgIpc) is 3.51. The van der Waals surface area contributed by atoms with E-state index in [0.29, 0.717) is 30.1 Å². The number of carboxylic acid groups (broad SMARTS) is 1. The molecule has 0 unspecified atom stereocenters. The molecule has 1 aliphatic heterocycles. The van der Waals surface area contributed by atoms with E-state index in [1.165, 1.54) is 30.3 Å². The molecule has 7 nitrogen and oxygen atoms in total. The second-order valence-corrected chi connectivity index (χ2v) is 12.0. The topological polar surface area (TPSA) is 86.5 Å². The van der Waals surface area contributed by atoms with Gasteiger partial charge in [-0.3, -0.25) is 0 Å². The molecular formula is C33H26ClF4N3O4. The Bertz CT molecular complexity index is 1940. The number of fused-ring (bicyclic) bond motifs is 1. The Morgan fingerprint density at radius 1 is 1.02 bits per heavy atom. The van der Waals surface area contributed by atoms with E-state index in [4.69, 9.17) is 21.1 Å². The number of rotatable bonds is 8. The highest BCUT2D eigenvalue weighted by Gasteiger charge is 2.39. The van der Waals surface area contributed by atoms with Crippen LogP contribution in [0.5, 0.6) is 5.88 Å². The molecule has 0 saturated carbocycles. The van der Waals surface area contributed by atoms with E-state index in [0.717, 1.165) is 24.3 Å². The number of pyridine rings is 1. The first-order valence-electron chi connectivity index (χ1n) is 13.9. The maximum Gasteiger partial charge on any atom is 0.335 e. The summed E-state index contributed by atoms with van der Waals surface area (Å²) in [5.74, 6) is -3.97. The smallest absolute Gasteiger partial charge is 0.335 e. The van der Waals surface area contributed by atoms with Crippen molar-refractivity contribution in [3.63, 3.8) is 0 Å². The summed E-state index contributed by atoms with van der Waals surface area (Å²) in [6.45, 7) is 4.35. The highest BCUT2D eigenvalue weighted by atomic mass is 35.5. The average molecular weight is 640 g/mol. The van der Waals surface area contributed by atoms with Crippen molar-refractivity contribution in [2.75, 3.05) is 13.2 Å². The zero-order chi connectivity index (χ0) is 32.0. The van der Waals surface area contributed by atoms with Crippen LogP contribution in [0.1, 0.15) is 47.2 Å². The molecule has 0 bridgehead atoms. The molecule has 1 atom stereocenters. The van der Waals surface area contributed by atoms with Crippen molar-refractivity contribution in [1.29, 1.82) is 0 Å². The van der Waals surface area contributed by atoms with E-state index in [9.17, 15) is 18.7 Å². The number of carbonyl (C=O) groups is 1. The van der Waals surface area contributed by atoms with E-state index in [1.54, 1.807) is 6.07 Å². The van der Waals surface area contributed by atoms with Gasteiger partial charge in [0.1, 0.15) is 35.7 Å². The predicted molar refractivity (Wildman–Crippen MR) is 158 cm³/mol. The van der Waals surface area contributed by atoms with Crippen LogP contribution in [0.25, 0.3) is 22.3 Å². The summed E-state index contributed by atoms with van der Waals surface area (Å²) < 4.78 is 72.5. The number of hydrogen-bond donors (Lipinski definition) is 1. The van der Waals surface area contributed by atoms with Gasteiger partial charge < -0.3 is 19.1 Å². The van der Waals surface area contributed by atoms with Crippen LogP contribution in [-0.2, 0) is 17.8 Å². The molecule has 1 saturated heterocycles. The van der Waals surface area contributed by atoms with Crippen LogP contribution in [0.4, 0.5) is 17.6 Å². The normalized spacial score (nSPS) is 15.9. The fraction of sp³-hybridized carbons (Fsp3) is 0.242. The van der Waals surface area contributed by atoms with Gasteiger partial charge >= 0.3 is 5.97 Å². The fourth-order valence-electron chi connectivity index (χ4n) is 5.52. The van der Waals surface area contributed by atoms with Crippen molar-refractivity contribution in [2.24, 2.45) is 5.41 Å². The number of nitrogens with zero attached hydrogens (tertiary/aromatic N) is 3. The van der Waals surface area contributed by atoms with Crippen molar-refractivity contribution in [3.8, 4) is 17.1 Å². The lowest BCUT2D eigenvalue weighted by molar-refractivity contribution is 0.0697. The van der Waals surface area contributed by atoms with Gasteiger partial charge in [0.2, 0.25) is 5.88 Å². The summed E-state index contributed by atoms with van der Waals surface area (Å²) in [5.41, 5.74) is 0.408. The van der Waals surface area contributed by atoms with Gasteiger partial charge in [0.15, 0.2) is 0 Å². The Balaban J connectivity index is 1.31. The number of aromatic carboxylic acids is 1. The molecule has 45 heavy (non-hydrogen) atoms. The number of carboxylic acids is 1. The Kier molecular flexibility index (Phi) is 8.00. The van der Waals surface area contributed by atoms with Gasteiger partial charge in [-0.1, -0.05) is 31.5 Å². The first-order chi connectivity index (χ1) is 21.4. The molecule has 1 N–H and O–H groups in total. The predicted octanol–water partition coefficient (Wildman–Crippen LogP) is 7.77. The maximum absolute atomic E-state index is 15.6. The van der Waals surface area contributed by atoms with Gasteiger partial charge in [-0.2, -0.15) is 0 Å². The van der Waals surface area contributed by atoms with E-state index >= 15 is 8.78 Å². The third-order valence-corrected chi connectivity index (χ3v) is 8.15. The Morgan fingerprint density at radius 3 is 2.47 bits per heavy atom. The molecule has 2 aromatic heterocycles. The van der Waals surface area contributed by atoms with Crippen molar-refractivity contribution >= 4 is 28.6 Å². The van der Waals surface area contributed by atoms with Crippen LogP contribution >= 0.6 is 11.6 Å². The summed E-state index contributed by atoms with van der Waals surface area (Å²) in [6, 6.07) is 12.7. The number of aromatic nitrogens is 3. The summed E-state index contributed by atoms with van der Waals surface area (Å²) in [5, 5.41) is 9.47.